The van der Waals surface area contributed by atoms with E-state index >= 15 is 0 Å². The molecule has 4 heterocycles. The summed E-state index contributed by atoms with van der Waals surface area (Å²) in [5.74, 6) is 1.83. The van der Waals surface area contributed by atoms with Crippen LogP contribution >= 0.6 is 0 Å². The van der Waals surface area contributed by atoms with Crippen LogP contribution in [0.4, 0.5) is 11.6 Å². The van der Waals surface area contributed by atoms with Crippen molar-refractivity contribution in [2.45, 2.75) is 0 Å². The summed E-state index contributed by atoms with van der Waals surface area (Å²) in [6.07, 6.45) is 5.36. The van der Waals surface area contributed by atoms with E-state index in [0.717, 1.165) is 35.4 Å². The van der Waals surface area contributed by atoms with Crippen LogP contribution in [-0.4, -0.2) is 65.7 Å². The highest BCUT2D eigenvalue weighted by atomic mass is 16.5. The molecule has 3 aromatic heterocycles. The number of aromatic nitrogens is 4. The van der Waals surface area contributed by atoms with E-state index in [1.807, 2.05) is 48.7 Å². The first-order chi connectivity index (χ1) is 16.8. The van der Waals surface area contributed by atoms with Crippen LogP contribution in [0.15, 0.2) is 66.0 Å². The summed E-state index contributed by atoms with van der Waals surface area (Å²) in [6, 6.07) is 15.7. The minimum absolute atomic E-state index is 0.249. The van der Waals surface area contributed by atoms with Gasteiger partial charge >= 0.3 is 6.01 Å². The Bertz CT molecular complexity index is 1240. The number of ether oxygens (including phenoxy) is 3. The van der Waals surface area contributed by atoms with E-state index in [0.29, 0.717) is 31.5 Å². The van der Waals surface area contributed by atoms with Crippen molar-refractivity contribution in [3.63, 3.8) is 0 Å². The van der Waals surface area contributed by atoms with Gasteiger partial charge in [-0.25, -0.2) is 4.98 Å². The lowest BCUT2D eigenvalue weighted by molar-refractivity contribution is 0.122. The Balaban J connectivity index is 1.27. The molecule has 10 nitrogen and oxygen atoms in total. The molecule has 1 aromatic carbocycles. The predicted molar refractivity (Wildman–Crippen MR) is 130 cm³/mol. The van der Waals surface area contributed by atoms with Crippen LogP contribution in [-0.2, 0) is 4.74 Å². The number of hydrazone groups is 1. The highest BCUT2D eigenvalue weighted by Gasteiger charge is 2.15. The van der Waals surface area contributed by atoms with Crippen LogP contribution in [0, 0.1) is 0 Å². The van der Waals surface area contributed by atoms with Crippen molar-refractivity contribution >= 4 is 28.8 Å². The SMILES string of the molecule is C(=NNc1cc(N2CCOCC2)nc(OCCOc2ccccn2)n1)c1c[nH]c2ccccc12. The van der Waals surface area contributed by atoms with E-state index < -0.39 is 0 Å². The molecule has 1 aliphatic heterocycles. The lowest BCUT2D eigenvalue weighted by Crippen LogP contribution is -2.36. The van der Waals surface area contributed by atoms with Gasteiger partial charge < -0.3 is 24.1 Å². The number of fused-ring (bicyclic) bond motifs is 1. The first-order valence-corrected chi connectivity index (χ1v) is 11.1. The van der Waals surface area contributed by atoms with Gasteiger partial charge in [0, 0.05) is 54.1 Å². The van der Waals surface area contributed by atoms with Crippen molar-refractivity contribution in [1.29, 1.82) is 0 Å². The van der Waals surface area contributed by atoms with Crippen LogP contribution in [0.1, 0.15) is 5.56 Å². The molecule has 0 bridgehead atoms. The van der Waals surface area contributed by atoms with Gasteiger partial charge in [0.2, 0.25) is 5.88 Å². The molecule has 4 aromatic rings. The van der Waals surface area contributed by atoms with Crippen LogP contribution in [0.25, 0.3) is 10.9 Å². The third-order valence-electron chi connectivity index (χ3n) is 5.23. The van der Waals surface area contributed by atoms with Gasteiger partial charge in [0.05, 0.1) is 19.4 Å². The number of benzene rings is 1. The van der Waals surface area contributed by atoms with Crippen molar-refractivity contribution in [3.05, 3.63) is 66.5 Å². The largest absolute Gasteiger partial charge is 0.474 e. The summed E-state index contributed by atoms with van der Waals surface area (Å²) in [7, 11) is 0. The molecule has 1 fully saturated rings. The number of anilines is 2. The number of nitrogens with zero attached hydrogens (tertiary/aromatic N) is 5. The van der Waals surface area contributed by atoms with Crippen LogP contribution in [0.3, 0.4) is 0 Å². The minimum Gasteiger partial charge on any atom is -0.474 e. The molecule has 5 rings (SSSR count). The van der Waals surface area contributed by atoms with Gasteiger partial charge in [-0.1, -0.05) is 24.3 Å². The zero-order valence-corrected chi connectivity index (χ0v) is 18.6. The number of hydrogen-bond donors (Lipinski definition) is 2. The second-order valence-corrected chi connectivity index (χ2v) is 7.52. The molecule has 174 valence electrons. The van der Waals surface area contributed by atoms with E-state index in [1.165, 1.54) is 0 Å². The Hall–Kier alpha value is -4.18. The van der Waals surface area contributed by atoms with E-state index in [4.69, 9.17) is 14.2 Å². The molecule has 1 saturated heterocycles. The number of pyridine rings is 1. The Kier molecular flexibility index (Phi) is 6.77. The number of rotatable bonds is 9. The molecule has 0 atom stereocenters. The van der Waals surface area contributed by atoms with Crippen molar-refractivity contribution in [2.75, 3.05) is 49.8 Å². The first-order valence-electron chi connectivity index (χ1n) is 11.1. The molecular weight excluding hydrogens is 434 g/mol. The van der Waals surface area contributed by atoms with E-state index in [9.17, 15) is 0 Å². The Morgan fingerprint density at radius 1 is 1.06 bits per heavy atom. The maximum atomic E-state index is 5.78. The molecule has 0 radical (unpaired) electrons. The van der Waals surface area contributed by atoms with Crippen molar-refractivity contribution < 1.29 is 14.2 Å². The van der Waals surface area contributed by atoms with Crippen molar-refractivity contribution in [1.82, 2.24) is 19.9 Å². The van der Waals surface area contributed by atoms with Crippen LogP contribution < -0.4 is 19.8 Å². The molecule has 0 unspecified atom stereocenters. The fraction of sp³-hybridized carbons (Fsp3) is 0.250. The average Bonchev–Trinajstić information content (AvgIpc) is 3.31. The molecule has 2 N–H and O–H groups in total. The number of aromatic amines is 1. The predicted octanol–water partition coefficient (Wildman–Crippen LogP) is 3.09. The second-order valence-electron chi connectivity index (χ2n) is 7.52. The highest BCUT2D eigenvalue weighted by Crippen LogP contribution is 2.21. The van der Waals surface area contributed by atoms with Gasteiger partial charge in [0.1, 0.15) is 19.0 Å². The molecule has 34 heavy (non-hydrogen) atoms. The monoisotopic (exact) mass is 459 g/mol. The first kappa shape index (κ1) is 21.7. The Labute approximate surface area is 196 Å². The van der Waals surface area contributed by atoms with Crippen molar-refractivity contribution in [2.24, 2.45) is 5.10 Å². The Morgan fingerprint density at radius 3 is 2.79 bits per heavy atom. The summed E-state index contributed by atoms with van der Waals surface area (Å²) in [5.41, 5.74) is 5.05. The number of hydrogen-bond acceptors (Lipinski definition) is 9. The summed E-state index contributed by atoms with van der Waals surface area (Å²) < 4.78 is 16.8. The zero-order valence-electron chi connectivity index (χ0n) is 18.6. The van der Waals surface area contributed by atoms with Gasteiger partial charge in [-0.2, -0.15) is 15.1 Å². The van der Waals surface area contributed by atoms with Crippen molar-refractivity contribution in [3.8, 4) is 11.9 Å². The number of para-hydroxylation sites is 1. The highest BCUT2D eigenvalue weighted by molar-refractivity contribution is 5.99. The van der Waals surface area contributed by atoms with Gasteiger partial charge in [-0.15, -0.1) is 0 Å². The van der Waals surface area contributed by atoms with Gasteiger partial charge in [-0.3, -0.25) is 5.43 Å². The fourth-order valence-electron chi connectivity index (χ4n) is 3.57. The lowest BCUT2D eigenvalue weighted by Gasteiger charge is -2.28. The normalized spacial score (nSPS) is 13.9. The summed E-state index contributed by atoms with van der Waals surface area (Å²) in [4.78, 5) is 18.5. The standard InChI is InChI=1S/C24H25N7O3/c1-2-6-20-19(5-1)18(16-26-20)17-27-30-21-15-22(31-9-11-32-12-10-31)29-24(28-21)34-14-13-33-23-7-3-4-8-25-23/h1-8,15-17,26H,9-14H2,(H,28,29,30). The maximum absolute atomic E-state index is 5.78. The van der Waals surface area contributed by atoms with Gasteiger partial charge in [0.25, 0.3) is 0 Å². The molecule has 10 heteroatoms. The number of nitrogens with one attached hydrogen (secondary N) is 2. The second kappa shape index (κ2) is 10.6. The van der Waals surface area contributed by atoms with Gasteiger partial charge in [0.15, 0.2) is 5.82 Å². The summed E-state index contributed by atoms with van der Waals surface area (Å²) >= 11 is 0. The number of H-pyrrole nitrogens is 1. The fourth-order valence-corrected chi connectivity index (χ4v) is 3.57. The van der Waals surface area contributed by atoms with E-state index in [1.54, 1.807) is 18.5 Å². The Morgan fingerprint density at radius 2 is 1.91 bits per heavy atom. The average molecular weight is 460 g/mol. The van der Waals surface area contributed by atoms with E-state index in [2.05, 4.69) is 35.4 Å². The molecule has 0 spiro atoms. The summed E-state index contributed by atoms with van der Waals surface area (Å²) in [6.45, 7) is 3.40. The quantitative estimate of drug-likeness (QED) is 0.223. The maximum Gasteiger partial charge on any atom is 0.320 e. The molecule has 0 amide bonds. The smallest absolute Gasteiger partial charge is 0.320 e. The number of morpholine rings is 1. The third-order valence-corrected chi connectivity index (χ3v) is 5.23. The van der Waals surface area contributed by atoms with Gasteiger partial charge in [-0.05, 0) is 12.1 Å². The summed E-state index contributed by atoms with van der Waals surface area (Å²) in [5, 5.41) is 5.48. The zero-order chi connectivity index (χ0) is 23.0. The molecule has 0 saturated carbocycles. The lowest BCUT2D eigenvalue weighted by atomic mass is 10.2. The molecule has 0 aliphatic carbocycles. The molecule has 1 aliphatic rings. The van der Waals surface area contributed by atoms with E-state index in [-0.39, 0.29) is 12.6 Å². The topological polar surface area (TPSA) is 110 Å². The molecular formula is C24H25N7O3. The third kappa shape index (κ3) is 5.41. The van der Waals surface area contributed by atoms with Crippen LogP contribution in [0.5, 0.6) is 11.9 Å². The minimum atomic E-state index is 0.249. The van der Waals surface area contributed by atoms with Crippen LogP contribution in [0.2, 0.25) is 0 Å².